The Hall–Kier alpha value is -2.12. The number of likely N-dealkylation sites (tertiary alicyclic amines) is 1. The second-order valence-electron chi connectivity index (χ2n) is 6.15. The van der Waals surface area contributed by atoms with E-state index in [9.17, 15) is 19.8 Å². The number of benzene rings is 1. The van der Waals surface area contributed by atoms with Gasteiger partial charge in [0.25, 0.3) is 0 Å². The molecular weight excluding hydrogens is 312 g/mol. The number of aliphatic hydroxyl groups is 2. The van der Waals surface area contributed by atoms with Crippen molar-refractivity contribution < 1.29 is 24.9 Å². The lowest BCUT2D eigenvalue weighted by molar-refractivity contribution is -0.137. The molecule has 1 unspecified atom stereocenters. The summed E-state index contributed by atoms with van der Waals surface area (Å²) in [5, 5.41) is 30.8. The van der Waals surface area contributed by atoms with Gasteiger partial charge in [0.1, 0.15) is 0 Å². The van der Waals surface area contributed by atoms with Crippen molar-refractivity contribution in [3.63, 3.8) is 0 Å². The van der Waals surface area contributed by atoms with Crippen molar-refractivity contribution in [2.45, 2.75) is 43.9 Å². The third kappa shape index (κ3) is 5.21. The zero-order valence-electron chi connectivity index (χ0n) is 13.5. The largest absolute Gasteiger partial charge is 0.481 e. The third-order valence-electron chi connectivity index (χ3n) is 4.22. The molecule has 0 bridgehead atoms. The number of aliphatic carboxylic acids is 1. The van der Waals surface area contributed by atoms with Crippen molar-refractivity contribution in [1.82, 2.24) is 10.2 Å². The van der Waals surface area contributed by atoms with Crippen molar-refractivity contribution in [3.05, 3.63) is 35.9 Å². The van der Waals surface area contributed by atoms with Crippen molar-refractivity contribution in [3.8, 4) is 0 Å². The number of nitrogens with zero attached hydrogens (tertiary/aromatic N) is 1. The Morgan fingerprint density at radius 1 is 1.29 bits per heavy atom. The first kappa shape index (κ1) is 18.2. The van der Waals surface area contributed by atoms with Gasteiger partial charge in [-0.15, -0.1) is 0 Å². The van der Waals surface area contributed by atoms with E-state index in [4.69, 9.17) is 5.11 Å². The molecule has 7 nitrogen and oxygen atoms in total. The minimum Gasteiger partial charge on any atom is -0.481 e. The van der Waals surface area contributed by atoms with Crippen molar-refractivity contribution >= 4 is 12.0 Å². The second-order valence-corrected chi connectivity index (χ2v) is 6.15. The van der Waals surface area contributed by atoms with Gasteiger partial charge in [-0.3, -0.25) is 4.79 Å². The zero-order valence-corrected chi connectivity index (χ0v) is 13.5. The SMILES string of the molecule is O=C(O)CCC(Cc1ccccc1)NC(=O)N1C[C@@H](O)C[C@H]1CO. The Balaban J connectivity index is 2.00. The summed E-state index contributed by atoms with van der Waals surface area (Å²) in [6.45, 7) is -0.0307. The number of amides is 2. The highest BCUT2D eigenvalue weighted by atomic mass is 16.4. The maximum atomic E-state index is 12.5. The summed E-state index contributed by atoms with van der Waals surface area (Å²) < 4.78 is 0. The molecule has 1 fully saturated rings. The smallest absolute Gasteiger partial charge is 0.318 e. The normalized spacial score (nSPS) is 21.5. The van der Waals surface area contributed by atoms with Gasteiger partial charge in [-0.2, -0.15) is 0 Å². The van der Waals surface area contributed by atoms with E-state index in [1.54, 1.807) is 0 Å². The summed E-state index contributed by atoms with van der Waals surface area (Å²) in [7, 11) is 0. The molecule has 0 radical (unpaired) electrons. The first-order valence-electron chi connectivity index (χ1n) is 8.11. The highest BCUT2D eigenvalue weighted by Crippen LogP contribution is 2.18. The number of nitrogens with one attached hydrogen (secondary N) is 1. The van der Waals surface area contributed by atoms with Gasteiger partial charge in [-0.25, -0.2) is 4.79 Å². The van der Waals surface area contributed by atoms with Gasteiger partial charge in [0.05, 0.1) is 18.8 Å². The van der Waals surface area contributed by atoms with Gasteiger partial charge in [0.15, 0.2) is 0 Å². The molecule has 0 aliphatic carbocycles. The number of carboxylic acid groups (broad SMARTS) is 1. The third-order valence-corrected chi connectivity index (χ3v) is 4.22. The molecule has 1 aliphatic heterocycles. The van der Waals surface area contributed by atoms with E-state index in [2.05, 4.69) is 5.32 Å². The van der Waals surface area contributed by atoms with Crippen LogP contribution in [0.5, 0.6) is 0 Å². The van der Waals surface area contributed by atoms with Crippen LogP contribution in [0.4, 0.5) is 4.79 Å². The van der Waals surface area contributed by atoms with E-state index >= 15 is 0 Å². The number of hydrogen-bond donors (Lipinski definition) is 4. The molecule has 132 valence electrons. The number of urea groups is 1. The molecule has 0 saturated carbocycles. The summed E-state index contributed by atoms with van der Waals surface area (Å²) in [6.07, 6.45) is 0.516. The van der Waals surface area contributed by atoms with Gasteiger partial charge in [0.2, 0.25) is 0 Å². The Morgan fingerprint density at radius 3 is 2.62 bits per heavy atom. The first-order valence-corrected chi connectivity index (χ1v) is 8.11. The monoisotopic (exact) mass is 336 g/mol. The lowest BCUT2D eigenvalue weighted by atomic mass is 10.0. The summed E-state index contributed by atoms with van der Waals surface area (Å²) >= 11 is 0. The molecule has 1 heterocycles. The van der Waals surface area contributed by atoms with Crippen LogP contribution >= 0.6 is 0 Å². The molecular formula is C17H24N2O5. The number of hydrogen-bond acceptors (Lipinski definition) is 4. The maximum Gasteiger partial charge on any atom is 0.318 e. The number of carbonyl (C=O) groups is 2. The van der Waals surface area contributed by atoms with Crippen LogP contribution in [0.15, 0.2) is 30.3 Å². The van der Waals surface area contributed by atoms with E-state index in [1.165, 1.54) is 4.90 Å². The summed E-state index contributed by atoms with van der Waals surface area (Å²) in [6, 6.07) is 8.42. The molecule has 2 rings (SSSR count). The van der Waals surface area contributed by atoms with Gasteiger partial charge in [0, 0.05) is 19.0 Å². The average molecular weight is 336 g/mol. The minimum absolute atomic E-state index is 0.0379. The van der Waals surface area contributed by atoms with Crippen LogP contribution in [0.2, 0.25) is 0 Å². The first-order chi connectivity index (χ1) is 11.5. The number of carbonyl (C=O) groups excluding carboxylic acids is 1. The van der Waals surface area contributed by atoms with Crippen LogP contribution in [-0.4, -0.2) is 63.6 Å². The van der Waals surface area contributed by atoms with Crippen molar-refractivity contribution in [2.75, 3.05) is 13.2 Å². The van der Waals surface area contributed by atoms with Crippen LogP contribution in [0, 0.1) is 0 Å². The van der Waals surface area contributed by atoms with E-state index in [1.807, 2.05) is 30.3 Å². The van der Waals surface area contributed by atoms with Crippen LogP contribution < -0.4 is 5.32 Å². The number of aliphatic hydroxyl groups excluding tert-OH is 2. The zero-order chi connectivity index (χ0) is 17.5. The molecule has 3 atom stereocenters. The number of rotatable bonds is 7. The fourth-order valence-corrected chi connectivity index (χ4v) is 2.99. The topological polar surface area (TPSA) is 110 Å². The molecule has 1 aromatic rings. The Labute approximate surface area is 140 Å². The van der Waals surface area contributed by atoms with Crippen molar-refractivity contribution in [2.24, 2.45) is 0 Å². The minimum atomic E-state index is -0.910. The van der Waals surface area contributed by atoms with Crippen LogP contribution in [0.25, 0.3) is 0 Å². The van der Waals surface area contributed by atoms with Gasteiger partial charge in [-0.1, -0.05) is 30.3 Å². The van der Waals surface area contributed by atoms with E-state index in [-0.39, 0.29) is 31.6 Å². The lowest BCUT2D eigenvalue weighted by Gasteiger charge is -2.26. The highest BCUT2D eigenvalue weighted by molar-refractivity contribution is 5.75. The van der Waals surface area contributed by atoms with Crippen molar-refractivity contribution in [1.29, 1.82) is 0 Å². The summed E-state index contributed by atoms with van der Waals surface area (Å²) in [5.41, 5.74) is 1.01. The van der Waals surface area contributed by atoms with Gasteiger partial charge < -0.3 is 25.5 Å². The molecule has 1 aliphatic rings. The summed E-state index contributed by atoms with van der Waals surface area (Å²) in [5.74, 6) is -0.910. The quantitative estimate of drug-likeness (QED) is 0.583. The predicted octanol–water partition coefficient (Wildman–Crippen LogP) is 0.600. The Bertz CT molecular complexity index is 551. The predicted molar refractivity (Wildman–Crippen MR) is 87.5 cm³/mol. The molecule has 0 aromatic heterocycles. The molecule has 7 heteroatoms. The van der Waals surface area contributed by atoms with Gasteiger partial charge >= 0.3 is 12.0 Å². The number of carboxylic acids is 1. The summed E-state index contributed by atoms with van der Waals surface area (Å²) in [4.78, 5) is 24.7. The van der Waals surface area contributed by atoms with E-state index < -0.39 is 18.1 Å². The Kier molecular flexibility index (Phi) is 6.57. The number of β-amino-alcohol motifs (C(OH)–C–C–N with tert-alkyl or cyclic N) is 1. The molecule has 0 spiro atoms. The van der Waals surface area contributed by atoms with Gasteiger partial charge in [-0.05, 0) is 24.8 Å². The molecule has 24 heavy (non-hydrogen) atoms. The highest BCUT2D eigenvalue weighted by Gasteiger charge is 2.34. The molecule has 1 saturated heterocycles. The average Bonchev–Trinajstić information content (AvgIpc) is 2.94. The second kappa shape index (κ2) is 8.65. The maximum absolute atomic E-state index is 12.5. The Morgan fingerprint density at radius 2 is 2.00 bits per heavy atom. The fourth-order valence-electron chi connectivity index (χ4n) is 2.99. The standard InChI is InChI=1S/C17H24N2O5/c20-11-14-9-15(21)10-19(14)17(24)18-13(6-7-16(22)23)8-12-4-2-1-3-5-12/h1-5,13-15,20-21H,6-11H2,(H,18,24)(H,22,23)/t13?,14-,15-/m0/s1. The lowest BCUT2D eigenvalue weighted by Crippen LogP contribution is -2.48. The van der Waals surface area contributed by atoms with E-state index in [0.717, 1.165) is 5.56 Å². The van der Waals surface area contributed by atoms with E-state index in [0.29, 0.717) is 19.3 Å². The van der Waals surface area contributed by atoms with Crippen LogP contribution in [0.1, 0.15) is 24.8 Å². The molecule has 4 N–H and O–H groups in total. The molecule has 2 amide bonds. The van der Waals surface area contributed by atoms with Crippen LogP contribution in [-0.2, 0) is 11.2 Å². The van der Waals surface area contributed by atoms with Crippen LogP contribution in [0.3, 0.4) is 0 Å². The fraction of sp³-hybridized carbons (Fsp3) is 0.529. The molecule has 1 aromatic carbocycles.